The van der Waals surface area contributed by atoms with Crippen molar-refractivity contribution in [2.24, 2.45) is 0 Å². The molecule has 0 spiro atoms. The van der Waals surface area contributed by atoms with Gasteiger partial charge in [0.15, 0.2) is 5.60 Å². The first kappa shape index (κ1) is 50.5. The normalized spacial score (nSPS) is 10.6. The monoisotopic (exact) mass is 654 g/mol. The third kappa shape index (κ3) is 39.6. The fraction of sp³-hybridized carbons (Fsp3) is 0.906. The van der Waals surface area contributed by atoms with Gasteiger partial charge in [-0.25, -0.2) is 4.79 Å². The maximum absolute atomic E-state index is 10.3. The molecule has 0 fully saturated rings. The Morgan fingerprint density at radius 2 is 0.667 bits per heavy atom. The summed E-state index contributed by atoms with van der Waals surface area (Å²) in [5.41, 5.74) is -2.74. The molecule has 242 valence electrons. The molecular weight excluding hydrogens is 591 g/mol. The standard InChI is InChI=1S/C26H54O.C6H8O7.2K.2H/c1-2-3-4-5-6-7-8-9-10-11-12-13-14-15-16-17-18-19-20-21-22-23-24-25-26-27;7-3(8)1-6(13,5(11)12)2-4(9)10;;;;/h27H,2-26H2,1H3;13H,1-2H2,(H,7,8)(H,9,10)(H,11,12);;;;. The summed E-state index contributed by atoms with van der Waals surface area (Å²) < 4.78 is 0. The van der Waals surface area contributed by atoms with Gasteiger partial charge < -0.3 is 25.5 Å². The Kier molecular flexibility index (Phi) is 46.6. The van der Waals surface area contributed by atoms with Crippen LogP contribution in [0.3, 0.4) is 0 Å². The van der Waals surface area contributed by atoms with Gasteiger partial charge in [-0.15, -0.1) is 0 Å². The second-order valence-corrected chi connectivity index (χ2v) is 11.3. The predicted octanol–water partition coefficient (Wildman–Crippen LogP) is 6.82. The number of hydrogen-bond acceptors (Lipinski definition) is 5. The van der Waals surface area contributed by atoms with Crippen molar-refractivity contribution < 1.29 is 39.9 Å². The number of carbonyl (C=O) groups is 3. The van der Waals surface area contributed by atoms with E-state index >= 15 is 0 Å². The first-order chi connectivity index (χ1) is 19.2. The Balaban J connectivity index is -0.000000408. The van der Waals surface area contributed by atoms with Gasteiger partial charge in [0.2, 0.25) is 0 Å². The molecule has 0 aromatic heterocycles. The summed E-state index contributed by atoms with van der Waals surface area (Å²) in [4.78, 5) is 30.5. The SMILES string of the molecule is CCCCCCCCCCCCCCCCCCCCCCCCCCO.O=C(O)CC(O)(CC(=O)O)C(=O)O.[KH].[KH]. The van der Waals surface area contributed by atoms with E-state index in [-0.39, 0.29) is 103 Å². The van der Waals surface area contributed by atoms with Gasteiger partial charge in [-0.1, -0.05) is 155 Å². The topological polar surface area (TPSA) is 152 Å². The van der Waals surface area contributed by atoms with Crippen LogP contribution in [0.2, 0.25) is 0 Å². The van der Waals surface area contributed by atoms with Gasteiger partial charge in [0.1, 0.15) is 0 Å². The van der Waals surface area contributed by atoms with E-state index in [0.29, 0.717) is 6.61 Å². The molecular formula is C32H64K2O8. The van der Waals surface area contributed by atoms with Crippen molar-refractivity contribution in [1.82, 2.24) is 0 Å². The van der Waals surface area contributed by atoms with Crippen LogP contribution in [-0.4, -0.2) is 158 Å². The van der Waals surface area contributed by atoms with Crippen LogP contribution in [-0.2, 0) is 14.4 Å². The molecule has 10 heteroatoms. The maximum atomic E-state index is 10.3. The summed E-state index contributed by atoms with van der Waals surface area (Å²) >= 11 is 0. The van der Waals surface area contributed by atoms with Crippen molar-refractivity contribution in [3.8, 4) is 0 Å². The fourth-order valence-corrected chi connectivity index (χ4v) is 4.79. The minimum atomic E-state index is -2.74. The van der Waals surface area contributed by atoms with E-state index in [2.05, 4.69) is 6.92 Å². The fourth-order valence-electron chi connectivity index (χ4n) is 4.79. The molecule has 0 aliphatic carbocycles. The predicted molar refractivity (Wildman–Crippen MR) is 175 cm³/mol. The van der Waals surface area contributed by atoms with Crippen LogP contribution in [0.25, 0.3) is 0 Å². The second-order valence-electron chi connectivity index (χ2n) is 11.3. The molecule has 0 bridgehead atoms. The van der Waals surface area contributed by atoms with Crippen molar-refractivity contribution in [1.29, 1.82) is 0 Å². The van der Waals surface area contributed by atoms with E-state index in [4.69, 9.17) is 25.5 Å². The van der Waals surface area contributed by atoms with Gasteiger partial charge in [0.25, 0.3) is 0 Å². The molecule has 0 aromatic carbocycles. The molecule has 0 atom stereocenters. The first-order valence-electron chi connectivity index (χ1n) is 16.2. The summed E-state index contributed by atoms with van der Waals surface area (Å²) in [6, 6.07) is 0. The zero-order valence-corrected chi connectivity index (χ0v) is 25.6. The van der Waals surface area contributed by atoms with Crippen LogP contribution >= 0.6 is 0 Å². The number of unbranched alkanes of at least 4 members (excludes halogenated alkanes) is 23. The molecule has 0 unspecified atom stereocenters. The van der Waals surface area contributed by atoms with Crippen molar-refractivity contribution >= 4 is 121 Å². The molecule has 0 radical (unpaired) electrons. The van der Waals surface area contributed by atoms with Crippen LogP contribution in [0.1, 0.15) is 174 Å². The Hall–Kier alpha value is 1.60. The van der Waals surface area contributed by atoms with Crippen molar-refractivity contribution in [2.45, 2.75) is 179 Å². The molecule has 0 saturated carbocycles. The Bertz CT molecular complexity index is 565. The van der Waals surface area contributed by atoms with E-state index < -0.39 is 36.4 Å². The Morgan fingerprint density at radius 1 is 0.452 bits per heavy atom. The second kappa shape index (κ2) is 38.8. The van der Waals surface area contributed by atoms with Crippen molar-refractivity contribution in [3.05, 3.63) is 0 Å². The number of aliphatic hydroxyl groups excluding tert-OH is 1. The van der Waals surface area contributed by atoms with Gasteiger partial charge in [0.05, 0.1) is 12.8 Å². The summed E-state index contributed by atoms with van der Waals surface area (Å²) in [6.45, 7) is 2.67. The summed E-state index contributed by atoms with van der Waals surface area (Å²) in [5, 5.41) is 42.5. The number of aliphatic hydroxyl groups is 2. The Labute approximate surface area is 341 Å². The third-order valence-electron chi connectivity index (χ3n) is 7.30. The van der Waals surface area contributed by atoms with Gasteiger partial charge >= 0.3 is 121 Å². The third-order valence-corrected chi connectivity index (χ3v) is 7.30. The van der Waals surface area contributed by atoms with E-state index in [1.54, 1.807) is 0 Å². The van der Waals surface area contributed by atoms with Gasteiger partial charge in [-0.05, 0) is 6.42 Å². The number of hydrogen-bond donors (Lipinski definition) is 5. The molecule has 42 heavy (non-hydrogen) atoms. The van der Waals surface area contributed by atoms with Crippen LogP contribution < -0.4 is 0 Å². The van der Waals surface area contributed by atoms with Crippen LogP contribution in [0.15, 0.2) is 0 Å². The number of aliphatic carboxylic acids is 3. The molecule has 0 amide bonds. The summed E-state index contributed by atoms with van der Waals surface area (Å²) in [6.07, 6.45) is 31.8. The quantitative estimate of drug-likeness (QED) is 0.0435. The molecule has 0 aliphatic heterocycles. The molecule has 0 heterocycles. The summed E-state index contributed by atoms with van der Waals surface area (Å²) in [7, 11) is 0. The minimum absolute atomic E-state index is 0. The summed E-state index contributed by atoms with van der Waals surface area (Å²) in [5.74, 6) is -5.02. The van der Waals surface area contributed by atoms with Gasteiger partial charge in [-0.3, -0.25) is 9.59 Å². The zero-order valence-electron chi connectivity index (χ0n) is 25.6. The van der Waals surface area contributed by atoms with E-state index in [9.17, 15) is 14.4 Å². The van der Waals surface area contributed by atoms with Gasteiger partial charge in [-0.2, -0.15) is 0 Å². The van der Waals surface area contributed by atoms with E-state index in [1.165, 1.54) is 148 Å². The average molecular weight is 655 g/mol. The van der Waals surface area contributed by atoms with Crippen LogP contribution in [0, 0.1) is 0 Å². The number of rotatable bonds is 29. The molecule has 5 N–H and O–H groups in total. The molecule has 8 nitrogen and oxygen atoms in total. The molecule has 0 saturated heterocycles. The average Bonchev–Trinajstić information content (AvgIpc) is 2.88. The van der Waals surface area contributed by atoms with Crippen molar-refractivity contribution in [3.63, 3.8) is 0 Å². The van der Waals surface area contributed by atoms with Crippen molar-refractivity contribution in [2.75, 3.05) is 6.61 Å². The van der Waals surface area contributed by atoms with E-state index in [1.807, 2.05) is 0 Å². The molecule has 0 aliphatic rings. The van der Waals surface area contributed by atoms with Crippen LogP contribution in [0.4, 0.5) is 0 Å². The first-order valence-corrected chi connectivity index (χ1v) is 16.2. The number of carboxylic acids is 3. The van der Waals surface area contributed by atoms with E-state index in [0.717, 1.165) is 6.42 Å². The zero-order chi connectivity index (χ0) is 30.3. The van der Waals surface area contributed by atoms with Crippen LogP contribution in [0.5, 0.6) is 0 Å². The number of carboxylic acid groups (broad SMARTS) is 3. The molecule has 0 rings (SSSR count). The Morgan fingerprint density at radius 3 is 0.833 bits per heavy atom. The molecule has 0 aromatic rings. The van der Waals surface area contributed by atoms with Gasteiger partial charge in [0, 0.05) is 6.61 Å².